The Morgan fingerprint density at radius 2 is 2.10 bits per heavy atom. The third-order valence-corrected chi connectivity index (χ3v) is 5.26. The summed E-state index contributed by atoms with van der Waals surface area (Å²) in [6.45, 7) is -2.48. The Kier molecular flexibility index (Phi) is 5.79. The number of benzene rings is 1. The molecule has 152 valence electrons. The number of aromatic nitrogens is 3. The van der Waals surface area contributed by atoms with Gasteiger partial charge in [0.1, 0.15) is 17.3 Å². The Bertz CT molecular complexity index is 974. The minimum atomic E-state index is -2.97. The number of nitrogens with zero attached hydrogens (tertiary/aromatic N) is 3. The Balaban J connectivity index is 1.42. The minimum absolute atomic E-state index is 0.0456. The van der Waals surface area contributed by atoms with Crippen LogP contribution in [-0.2, 0) is 11.3 Å². The van der Waals surface area contributed by atoms with Crippen molar-refractivity contribution in [2.24, 2.45) is 0 Å². The van der Waals surface area contributed by atoms with Gasteiger partial charge in [-0.1, -0.05) is 23.9 Å². The second-order valence-electron chi connectivity index (χ2n) is 6.49. The molecule has 3 aromatic rings. The molecule has 1 fully saturated rings. The number of hydrogen-bond acceptors (Lipinski definition) is 6. The monoisotopic (exact) mass is 420 g/mol. The number of rotatable bonds is 9. The van der Waals surface area contributed by atoms with Crippen molar-refractivity contribution in [1.82, 2.24) is 14.8 Å². The number of para-hydroxylation sites is 2. The summed E-state index contributed by atoms with van der Waals surface area (Å²) in [6, 6.07) is 9.75. The van der Waals surface area contributed by atoms with Gasteiger partial charge in [0.05, 0.1) is 24.2 Å². The van der Waals surface area contributed by atoms with E-state index in [9.17, 15) is 13.6 Å². The maximum Gasteiger partial charge on any atom is 0.387 e. The molecule has 0 bridgehead atoms. The zero-order valence-electron chi connectivity index (χ0n) is 15.3. The molecule has 10 heteroatoms. The summed E-state index contributed by atoms with van der Waals surface area (Å²) in [7, 11) is 0. The SMILES string of the molecule is O=C(CSc1nnc(C2CC2)n1Cc1ccco1)Nc1ccccc1OC(F)F. The van der Waals surface area contributed by atoms with E-state index in [2.05, 4.69) is 20.3 Å². The molecule has 4 rings (SSSR count). The molecular weight excluding hydrogens is 402 g/mol. The van der Waals surface area contributed by atoms with E-state index in [4.69, 9.17) is 4.42 Å². The van der Waals surface area contributed by atoms with Gasteiger partial charge < -0.3 is 14.5 Å². The Morgan fingerprint density at radius 1 is 1.28 bits per heavy atom. The summed E-state index contributed by atoms with van der Waals surface area (Å²) in [5, 5.41) is 11.7. The molecule has 1 aliphatic carbocycles. The van der Waals surface area contributed by atoms with Crippen molar-refractivity contribution in [3.8, 4) is 5.75 Å². The van der Waals surface area contributed by atoms with Gasteiger partial charge in [-0.25, -0.2) is 0 Å². The van der Waals surface area contributed by atoms with Gasteiger partial charge in [0.2, 0.25) is 5.91 Å². The Hall–Kier alpha value is -2.88. The highest BCUT2D eigenvalue weighted by atomic mass is 32.2. The topological polar surface area (TPSA) is 82.2 Å². The summed E-state index contributed by atoms with van der Waals surface area (Å²) >= 11 is 1.23. The molecule has 1 aromatic carbocycles. The predicted octanol–water partition coefficient (Wildman–Crippen LogP) is 4.13. The summed E-state index contributed by atoms with van der Waals surface area (Å²) in [6.07, 6.45) is 3.75. The maximum atomic E-state index is 12.5. The highest BCUT2D eigenvalue weighted by molar-refractivity contribution is 7.99. The number of thioether (sulfide) groups is 1. The number of alkyl halides is 2. The first-order valence-corrected chi connectivity index (χ1v) is 10.0. The van der Waals surface area contributed by atoms with Crippen molar-refractivity contribution < 1.29 is 22.7 Å². The van der Waals surface area contributed by atoms with E-state index in [-0.39, 0.29) is 23.1 Å². The molecule has 0 saturated heterocycles. The molecule has 7 nitrogen and oxygen atoms in total. The van der Waals surface area contributed by atoms with Crippen LogP contribution in [0.4, 0.5) is 14.5 Å². The van der Waals surface area contributed by atoms with Crippen LogP contribution in [0.15, 0.2) is 52.2 Å². The standard InChI is InChI=1S/C19H18F2N4O3S/c20-18(21)28-15-6-2-1-5-14(15)22-16(26)11-29-19-24-23-17(12-7-8-12)25(19)10-13-4-3-9-27-13/h1-6,9,12,18H,7-8,10-11H2,(H,22,26). The molecule has 1 saturated carbocycles. The quantitative estimate of drug-likeness (QED) is 0.524. The van der Waals surface area contributed by atoms with Crippen molar-refractivity contribution in [3.05, 3.63) is 54.2 Å². The fraction of sp³-hybridized carbons (Fsp3) is 0.316. The highest BCUT2D eigenvalue weighted by Gasteiger charge is 2.30. The lowest BCUT2D eigenvalue weighted by Gasteiger charge is -2.12. The third-order valence-electron chi connectivity index (χ3n) is 4.29. The molecule has 1 N–H and O–H groups in total. The fourth-order valence-corrected chi connectivity index (χ4v) is 3.59. The van der Waals surface area contributed by atoms with Gasteiger partial charge in [0.25, 0.3) is 0 Å². The van der Waals surface area contributed by atoms with Crippen LogP contribution in [0.1, 0.15) is 30.3 Å². The molecule has 0 spiro atoms. The smallest absolute Gasteiger partial charge is 0.387 e. The third kappa shape index (κ3) is 4.94. The Morgan fingerprint density at radius 3 is 2.83 bits per heavy atom. The molecular formula is C19H18F2N4O3S. The van der Waals surface area contributed by atoms with Crippen LogP contribution in [0.5, 0.6) is 5.75 Å². The number of anilines is 1. The van der Waals surface area contributed by atoms with Gasteiger partial charge in [-0.05, 0) is 37.1 Å². The van der Waals surface area contributed by atoms with Gasteiger partial charge in [-0.15, -0.1) is 10.2 Å². The number of amides is 1. The van der Waals surface area contributed by atoms with Gasteiger partial charge in [-0.2, -0.15) is 8.78 Å². The molecule has 0 atom stereocenters. The molecule has 1 amide bonds. The number of carbonyl (C=O) groups is 1. The van der Waals surface area contributed by atoms with E-state index in [0.29, 0.717) is 17.6 Å². The summed E-state index contributed by atoms with van der Waals surface area (Å²) < 4.78 is 36.8. The van der Waals surface area contributed by atoms with Crippen LogP contribution in [0.2, 0.25) is 0 Å². The van der Waals surface area contributed by atoms with Crippen LogP contribution in [-0.4, -0.2) is 33.0 Å². The van der Waals surface area contributed by atoms with Gasteiger partial charge >= 0.3 is 6.61 Å². The molecule has 2 heterocycles. The second kappa shape index (κ2) is 8.64. The van der Waals surface area contributed by atoms with Crippen molar-refractivity contribution in [2.75, 3.05) is 11.1 Å². The van der Waals surface area contributed by atoms with Gasteiger partial charge in [0.15, 0.2) is 5.16 Å². The first kappa shape index (κ1) is 19.4. The lowest BCUT2D eigenvalue weighted by molar-refractivity contribution is -0.113. The van der Waals surface area contributed by atoms with Gasteiger partial charge in [0, 0.05) is 5.92 Å². The highest BCUT2D eigenvalue weighted by Crippen LogP contribution is 2.40. The van der Waals surface area contributed by atoms with Crippen LogP contribution in [0, 0.1) is 0 Å². The number of ether oxygens (including phenoxy) is 1. The zero-order valence-corrected chi connectivity index (χ0v) is 16.1. The van der Waals surface area contributed by atoms with Crippen LogP contribution < -0.4 is 10.1 Å². The molecule has 0 unspecified atom stereocenters. The fourth-order valence-electron chi connectivity index (χ4n) is 2.84. The van der Waals surface area contributed by atoms with Crippen LogP contribution in [0.3, 0.4) is 0 Å². The molecule has 0 radical (unpaired) electrons. The maximum absolute atomic E-state index is 12.5. The van der Waals surface area contributed by atoms with E-state index >= 15 is 0 Å². The van der Waals surface area contributed by atoms with E-state index in [1.807, 2.05) is 16.7 Å². The van der Waals surface area contributed by atoms with E-state index in [1.165, 1.54) is 23.9 Å². The summed E-state index contributed by atoms with van der Waals surface area (Å²) in [4.78, 5) is 12.4. The number of hydrogen-bond donors (Lipinski definition) is 1. The van der Waals surface area contributed by atoms with Crippen molar-refractivity contribution in [1.29, 1.82) is 0 Å². The average molecular weight is 420 g/mol. The van der Waals surface area contributed by atoms with Crippen LogP contribution >= 0.6 is 11.8 Å². The lowest BCUT2D eigenvalue weighted by atomic mass is 10.3. The summed E-state index contributed by atoms with van der Waals surface area (Å²) in [5.74, 6) is 1.65. The lowest BCUT2D eigenvalue weighted by Crippen LogP contribution is -2.16. The van der Waals surface area contributed by atoms with Crippen molar-refractivity contribution in [3.63, 3.8) is 0 Å². The number of furan rings is 1. The Labute approximate surface area is 169 Å². The van der Waals surface area contributed by atoms with E-state index in [0.717, 1.165) is 24.4 Å². The molecule has 0 aliphatic heterocycles. The normalized spacial score (nSPS) is 13.6. The molecule has 1 aliphatic rings. The van der Waals surface area contributed by atoms with E-state index in [1.54, 1.807) is 18.4 Å². The second-order valence-corrected chi connectivity index (χ2v) is 7.43. The average Bonchev–Trinajstić information content (AvgIpc) is 3.25. The summed E-state index contributed by atoms with van der Waals surface area (Å²) in [5.41, 5.74) is 0.189. The van der Waals surface area contributed by atoms with Crippen LogP contribution in [0.25, 0.3) is 0 Å². The number of nitrogens with one attached hydrogen (secondary N) is 1. The zero-order chi connectivity index (χ0) is 20.2. The first-order chi connectivity index (χ1) is 14.1. The van der Waals surface area contributed by atoms with Crippen molar-refractivity contribution in [2.45, 2.75) is 37.1 Å². The van der Waals surface area contributed by atoms with Gasteiger partial charge in [-0.3, -0.25) is 9.36 Å². The number of carbonyl (C=O) groups excluding carboxylic acids is 1. The number of halogens is 2. The predicted molar refractivity (Wildman–Crippen MR) is 102 cm³/mol. The minimum Gasteiger partial charge on any atom is -0.467 e. The molecule has 2 aromatic heterocycles. The first-order valence-electron chi connectivity index (χ1n) is 9.02. The largest absolute Gasteiger partial charge is 0.467 e. The van der Waals surface area contributed by atoms with E-state index < -0.39 is 6.61 Å². The molecule has 29 heavy (non-hydrogen) atoms. The van der Waals surface area contributed by atoms with Crippen molar-refractivity contribution >= 4 is 23.4 Å².